The summed E-state index contributed by atoms with van der Waals surface area (Å²) in [5.74, 6) is 0.800. The smallest absolute Gasteiger partial charge is 0.244 e. The van der Waals surface area contributed by atoms with Crippen LogP contribution in [0, 0.1) is 0 Å². The molecule has 0 aliphatic carbocycles. The molecule has 0 bridgehead atoms. The van der Waals surface area contributed by atoms with Gasteiger partial charge in [-0.2, -0.15) is 4.31 Å². The molecule has 0 aromatic carbocycles. The number of aromatic nitrogens is 1. The summed E-state index contributed by atoms with van der Waals surface area (Å²) < 4.78 is 32.7. The number of ether oxygens (including phenoxy) is 1. The first kappa shape index (κ1) is 17.6. The number of hydrogen-bond donors (Lipinski definition) is 0. The monoisotopic (exact) mass is 354 g/mol. The number of pyridine rings is 1. The van der Waals surface area contributed by atoms with Crippen LogP contribution in [0.5, 0.6) is 0 Å². The van der Waals surface area contributed by atoms with Crippen molar-refractivity contribution in [1.29, 1.82) is 0 Å². The zero-order chi connectivity index (χ0) is 17.3. The summed E-state index contributed by atoms with van der Waals surface area (Å²) in [6.45, 7) is 8.17. The van der Waals surface area contributed by atoms with Gasteiger partial charge in [-0.15, -0.1) is 0 Å². The lowest BCUT2D eigenvalue weighted by atomic mass is 10.2. The minimum Gasteiger partial charge on any atom is -0.372 e. The zero-order valence-electron chi connectivity index (χ0n) is 14.6. The molecule has 24 heavy (non-hydrogen) atoms. The molecule has 2 saturated heterocycles. The third kappa shape index (κ3) is 3.72. The molecule has 2 fully saturated rings. The van der Waals surface area contributed by atoms with Crippen molar-refractivity contribution in [1.82, 2.24) is 14.2 Å². The highest BCUT2D eigenvalue weighted by Crippen LogP contribution is 2.22. The van der Waals surface area contributed by atoms with Crippen molar-refractivity contribution >= 4 is 15.8 Å². The minimum absolute atomic E-state index is 0.143. The van der Waals surface area contributed by atoms with Gasteiger partial charge in [0.15, 0.2) is 0 Å². The van der Waals surface area contributed by atoms with Gasteiger partial charge < -0.3 is 14.5 Å². The second-order valence-electron chi connectivity index (χ2n) is 6.72. The molecule has 8 heteroatoms. The third-order valence-corrected chi connectivity index (χ3v) is 6.45. The van der Waals surface area contributed by atoms with Gasteiger partial charge in [-0.05, 0) is 33.0 Å². The van der Waals surface area contributed by atoms with E-state index in [1.54, 1.807) is 16.4 Å². The largest absolute Gasteiger partial charge is 0.372 e. The summed E-state index contributed by atoms with van der Waals surface area (Å²) in [6.07, 6.45) is 1.77. The van der Waals surface area contributed by atoms with Gasteiger partial charge in [0.05, 0.1) is 12.2 Å². The highest BCUT2D eigenvalue weighted by atomic mass is 32.2. The topological polar surface area (TPSA) is 66.0 Å². The zero-order valence-corrected chi connectivity index (χ0v) is 15.4. The van der Waals surface area contributed by atoms with Crippen LogP contribution in [0.4, 0.5) is 5.82 Å². The molecule has 134 valence electrons. The van der Waals surface area contributed by atoms with Crippen LogP contribution in [0.2, 0.25) is 0 Å². The first-order chi connectivity index (χ1) is 11.4. The molecule has 2 atom stereocenters. The summed E-state index contributed by atoms with van der Waals surface area (Å²) in [6, 6.07) is 3.47. The van der Waals surface area contributed by atoms with Gasteiger partial charge >= 0.3 is 0 Å². The molecular weight excluding hydrogens is 328 g/mol. The van der Waals surface area contributed by atoms with Gasteiger partial charge in [-0.1, -0.05) is 0 Å². The average molecular weight is 354 g/mol. The number of nitrogens with zero attached hydrogens (tertiary/aromatic N) is 4. The number of sulfonamides is 1. The highest BCUT2D eigenvalue weighted by Gasteiger charge is 2.28. The van der Waals surface area contributed by atoms with E-state index in [2.05, 4.69) is 14.8 Å². The molecule has 7 nitrogen and oxygen atoms in total. The minimum atomic E-state index is -3.45. The number of hydrogen-bond acceptors (Lipinski definition) is 6. The van der Waals surface area contributed by atoms with Gasteiger partial charge in [-0.3, -0.25) is 0 Å². The first-order valence-corrected chi connectivity index (χ1v) is 9.85. The molecule has 0 radical (unpaired) electrons. The van der Waals surface area contributed by atoms with E-state index in [0.717, 1.165) is 32.0 Å². The maximum Gasteiger partial charge on any atom is 0.244 e. The molecule has 0 saturated carbocycles. The van der Waals surface area contributed by atoms with Crippen molar-refractivity contribution in [3.05, 3.63) is 18.3 Å². The SMILES string of the molecule is C[C@@H]1CN(c2ccc(S(=O)(=O)N3CCN(C)CC3)cn2)C[C@@H](C)O1. The van der Waals surface area contributed by atoms with E-state index in [4.69, 9.17) is 4.74 Å². The molecule has 0 spiro atoms. The van der Waals surface area contributed by atoms with Crippen molar-refractivity contribution in [3.63, 3.8) is 0 Å². The first-order valence-electron chi connectivity index (χ1n) is 8.41. The van der Waals surface area contributed by atoms with Gasteiger partial charge in [0, 0.05) is 45.5 Å². The average Bonchev–Trinajstić information content (AvgIpc) is 2.54. The van der Waals surface area contributed by atoms with Crippen molar-refractivity contribution in [2.24, 2.45) is 0 Å². The molecule has 0 unspecified atom stereocenters. The van der Waals surface area contributed by atoms with Crippen molar-refractivity contribution < 1.29 is 13.2 Å². The van der Waals surface area contributed by atoms with Crippen LogP contribution in [0.3, 0.4) is 0 Å². The van der Waals surface area contributed by atoms with E-state index in [-0.39, 0.29) is 17.1 Å². The van der Waals surface area contributed by atoms with E-state index in [9.17, 15) is 8.42 Å². The second kappa shape index (κ2) is 6.95. The Bertz CT molecular complexity index is 646. The van der Waals surface area contributed by atoms with Crippen molar-refractivity contribution in [2.45, 2.75) is 31.0 Å². The van der Waals surface area contributed by atoms with Gasteiger partial charge in [0.1, 0.15) is 10.7 Å². The number of piperazine rings is 1. The van der Waals surface area contributed by atoms with Crippen LogP contribution >= 0.6 is 0 Å². The Labute approximate surface area is 144 Å². The fourth-order valence-corrected chi connectivity index (χ4v) is 4.62. The molecule has 2 aliphatic heterocycles. The highest BCUT2D eigenvalue weighted by molar-refractivity contribution is 7.89. The van der Waals surface area contributed by atoms with E-state index in [0.29, 0.717) is 13.1 Å². The lowest BCUT2D eigenvalue weighted by Crippen LogP contribution is -2.47. The van der Waals surface area contributed by atoms with Gasteiger partial charge in [-0.25, -0.2) is 13.4 Å². The van der Waals surface area contributed by atoms with Crippen LogP contribution in [0.1, 0.15) is 13.8 Å². The van der Waals surface area contributed by atoms with E-state index >= 15 is 0 Å². The Morgan fingerprint density at radius 2 is 1.71 bits per heavy atom. The predicted octanol–water partition coefficient (Wildman–Crippen LogP) is 0.631. The van der Waals surface area contributed by atoms with Gasteiger partial charge in [0.25, 0.3) is 0 Å². The molecule has 2 aliphatic rings. The molecule has 3 heterocycles. The Kier molecular flexibility index (Phi) is 5.10. The lowest BCUT2D eigenvalue weighted by molar-refractivity contribution is -0.00546. The molecular formula is C16H26N4O3S. The lowest BCUT2D eigenvalue weighted by Gasteiger charge is -2.36. The number of morpholine rings is 1. The van der Waals surface area contributed by atoms with Crippen molar-refractivity contribution in [2.75, 3.05) is 51.2 Å². The second-order valence-corrected chi connectivity index (χ2v) is 8.66. The molecule has 0 amide bonds. The summed E-state index contributed by atoms with van der Waals surface area (Å²) in [4.78, 5) is 8.95. The van der Waals surface area contributed by atoms with E-state index < -0.39 is 10.0 Å². The predicted molar refractivity (Wildman–Crippen MR) is 92.7 cm³/mol. The van der Waals surface area contributed by atoms with Crippen LogP contribution in [-0.4, -0.2) is 81.1 Å². The van der Waals surface area contributed by atoms with Crippen LogP contribution < -0.4 is 4.90 Å². The van der Waals surface area contributed by atoms with Crippen LogP contribution in [-0.2, 0) is 14.8 Å². The number of rotatable bonds is 3. The molecule has 1 aromatic rings. The summed E-state index contributed by atoms with van der Waals surface area (Å²) in [5, 5.41) is 0. The fraction of sp³-hybridized carbons (Fsp3) is 0.688. The fourth-order valence-electron chi connectivity index (χ4n) is 3.25. The van der Waals surface area contributed by atoms with Crippen LogP contribution in [0.15, 0.2) is 23.2 Å². The quantitative estimate of drug-likeness (QED) is 0.793. The summed E-state index contributed by atoms with van der Waals surface area (Å²) in [7, 11) is -1.45. The Morgan fingerprint density at radius 3 is 2.25 bits per heavy atom. The Morgan fingerprint density at radius 1 is 1.08 bits per heavy atom. The Balaban J connectivity index is 1.74. The molecule has 1 aromatic heterocycles. The summed E-state index contributed by atoms with van der Waals surface area (Å²) >= 11 is 0. The third-order valence-electron chi connectivity index (χ3n) is 4.56. The number of anilines is 1. The standard InChI is InChI=1S/C16H26N4O3S/c1-13-11-19(12-14(2)23-13)16-5-4-15(10-17-16)24(21,22)20-8-6-18(3)7-9-20/h4-5,10,13-14H,6-9,11-12H2,1-3H3/t13-,14-/m1/s1. The maximum absolute atomic E-state index is 12.7. The summed E-state index contributed by atoms with van der Waals surface area (Å²) in [5.41, 5.74) is 0. The maximum atomic E-state index is 12.7. The van der Waals surface area contributed by atoms with Crippen molar-refractivity contribution in [3.8, 4) is 0 Å². The molecule has 0 N–H and O–H groups in total. The van der Waals surface area contributed by atoms with Gasteiger partial charge in [0.2, 0.25) is 10.0 Å². The van der Waals surface area contributed by atoms with Crippen LogP contribution in [0.25, 0.3) is 0 Å². The molecule has 3 rings (SSSR count). The van der Waals surface area contributed by atoms with E-state index in [1.165, 1.54) is 6.20 Å². The van der Waals surface area contributed by atoms with E-state index in [1.807, 2.05) is 20.9 Å². The Hall–Kier alpha value is -1.22. The number of likely N-dealkylation sites (N-methyl/N-ethyl adjacent to an activating group) is 1. The normalized spacial score (nSPS) is 27.4.